The second kappa shape index (κ2) is 5.92. The van der Waals surface area contributed by atoms with Gasteiger partial charge in [-0.15, -0.1) is 5.01 Å². The summed E-state index contributed by atoms with van der Waals surface area (Å²) in [6.45, 7) is 0. The zero-order chi connectivity index (χ0) is 17.4. The van der Waals surface area contributed by atoms with E-state index >= 15 is 0 Å². The van der Waals surface area contributed by atoms with Gasteiger partial charge in [0.25, 0.3) is 5.91 Å². The van der Waals surface area contributed by atoms with Gasteiger partial charge in [-0.25, -0.2) is 4.79 Å². The number of amides is 3. The molecule has 0 atom stereocenters. The second-order valence-corrected chi connectivity index (χ2v) is 6.05. The summed E-state index contributed by atoms with van der Waals surface area (Å²) in [6.07, 6.45) is 0.728. The molecular formula is C16H16F3N3O2. The summed E-state index contributed by atoms with van der Waals surface area (Å²) in [7, 11) is 0. The highest BCUT2D eigenvalue weighted by molar-refractivity contribution is 6.07. The van der Waals surface area contributed by atoms with E-state index in [1.807, 2.05) is 0 Å². The van der Waals surface area contributed by atoms with Crippen molar-refractivity contribution in [2.75, 3.05) is 0 Å². The van der Waals surface area contributed by atoms with Crippen molar-refractivity contribution in [3.8, 4) is 0 Å². The molecule has 5 nitrogen and oxygen atoms in total. The molecule has 1 saturated heterocycles. The van der Waals surface area contributed by atoms with Gasteiger partial charge >= 0.3 is 12.2 Å². The Kier molecular flexibility index (Phi) is 4.06. The van der Waals surface area contributed by atoms with Crippen LogP contribution in [0.15, 0.2) is 29.4 Å². The molecule has 1 aromatic rings. The van der Waals surface area contributed by atoms with Crippen LogP contribution in [0.25, 0.3) is 0 Å². The Morgan fingerprint density at radius 1 is 1.08 bits per heavy atom. The maximum Gasteiger partial charge on any atom is 0.416 e. The van der Waals surface area contributed by atoms with Gasteiger partial charge in [-0.05, 0) is 30.5 Å². The fourth-order valence-electron chi connectivity index (χ4n) is 3.09. The van der Waals surface area contributed by atoms with Crippen molar-refractivity contribution < 1.29 is 22.8 Å². The highest BCUT2D eigenvalue weighted by atomic mass is 19.4. The molecule has 24 heavy (non-hydrogen) atoms. The number of carbonyl (C=O) groups is 2. The van der Waals surface area contributed by atoms with Crippen LogP contribution in [-0.2, 0) is 11.0 Å². The molecule has 8 heteroatoms. The van der Waals surface area contributed by atoms with Crippen LogP contribution in [0.5, 0.6) is 0 Å². The first-order valence-corrected chi connectivity index (χ1v) is 7.70. The van der Waals surface area contributed by atoms with Crippen molar-refractivity contribution >= 4 is 18.2 Å². The molecule has 2 fully saturated rings. The third kappa shape index (κ3) is 3.00. The van der Waals surface area contributed by atoms with Crippen molar-refractivity contribution in [1.82, 2.24) is 10.3 Å². The molecule has 1 saturated carbocycles. The quantitative estimate of drug-likeness (QED) is 0.664. The van der Waals surface area contributed by atoms with Crippen LogP contribution in [0.4, 0.5) is 18.0 Å². The topological polar surface area (TPSA) is 61.8 Å². The minimum absolute atomic E-state index is 0.369. The lowest BCUT2D eigenvalue weighted by Gasteiger charge is -2.29. The van der Waals surface area contributed by atoms with Crippen molar-refractivity contribution in [2.24, 2.45) is 5.10 Å². The van der Waals surface area contributed by atoms with E-state index in [1.54, 1.807) is 0 Å². The molecule has 1 aliphatic heterocycles. The van der Waals surface area contributed by atoms with Crippen LogP contribution in [0.2, 0.25) is 0 Å². The number of carbonyl (C=O) groups excluding carboxylic acids is 2. The molecule has 1 aliphatic carbocycles. The standard InChI is InChI=1S/C16H16F3N3O2/c17-16(18,19)12-6-4-11(5-7-12)10-20-22-13(23)15(21-14(22)24)8-2-1-3-9-15/h4-7,10H,1-3,8-9H2,(H,21,24)/b20-10+. The van der Waals surface area contributed by atoms with Crippen LogP contribution in [0.3, 0.4) is 0 Å². The Balaban J connectivity index is 1.74. The smallest absolute Gasteiger partial charge is 0.321 e. The highest BCUT2D eigenvalue weighted by Crippen LogP contribution is 2.33. The number of imide groups is 1. The zero-order valence-corrected chi connectivity index (χ0v) is 12.8. The van der Waals surface area contributed by atoms with Gasteiger partial charge in [0.05, 0.1) is 11.8 Å². The second-order valence-electron chi connectivity index (χ2n) is 6.05. The lowest BCUT2D eigenvalue weighted by atomic mass is 9.82. The average molecular weight is 339 g/mol. The Bertz CT molecular complexity index is 677. The van der Waals surface area contributed by atoms with Gasteiger partial charge < -0.3 is 5.32 Å². The van der Waals surface area contributed by atoms with Crippen LogP contribution in [0.1, 0.15) is 43.2 Å². The molecular weight excluding hydrogens is 323 g/mol. The summed E-state index contributed by atoms with van der Waals surface area (Å²) in [4.78, 5) is 24.5. The van der Waals surface area contributed by atoms with E-state index in [0.717, 1.165) is 36.4 Å². The molecule has 1 aromatic carbocycles. The number of hydrogen-bond acceptors (Lipinski definition) is 3. The molecule has 1 N–H and O–H groups in total. The summed E-state index contributed by atoms with van der Waals surface area (Å²) in [5.41, 5.74) is -1.27. The van der Waals surface area contributed by atoms with E-state index in [1.165, 1.54) is 18.3 Å². The van der Waals surface area contributed by atoms with Gasteiger partial charge in [0.2, 0.25) is 0 Å². The molecule has 0 bridgehead atoms. The van der Waals surface area contributed by atoms with E-state index < -0.39 is 29.2 Å². The maximum atomic E-state index is 12.5. The number of benzene rings is 1. The molecule has 0 radical (unpaired) electrons. The Labute approximate surface area is 136 Å². The average Bonchev–Trinajstić information content (AvgIpc) is 2.76. The molecule has 2 aliphatic rings. The van der Waals surface area contributed by atoms with Gasteiger partial charge in [-0.3, -0.25) is 4.79 Å². The number of urea groups is 1. The summed E-state index contributed by atoms with van der Waals surface area (Å²) in [5, 5.41) is 7.34. The number of hydrogen-bond donors (Lipinski definition) is 1. The minimum Gasteiger partial charge on any atom is -0.321 e. The molecule has 1 spiro atoms. The zero-order valence-electron chi connectivity index (χ0n) is 12.8. The fourth-order valence-corrected chi connectivity index (χ4v) is 3.09. The first-order valence-electron chi connectivity index (χ1n) is 7.70. The van der Waals surface area contributed by atoms with Gasteiger partial charge in [-0.2, -0.15) is 18.3 Å². The number of rotatable bonds is 2. The van der Waals surface area contributed by atoms with Crippen molar-refractivity contribution in [2.45, 2.75) is 43.8 Å². The largest absolute Gasteiger partial charge is 0.416 e. The van der Waals surface area contributed by atoms with Crippen LogP contribution < -0.4 is 5.32 Å². The summed E-state index contributed by atoms with van der Waals surface area (Å²) >= 11 is 0. The Morgan fingerprint density at radius 2 is 1.71 bits per heavy atom. The molecule has 3 rings (SSSR count). The van der Waals surface area contributed by atoms with Crippen LogP contribution in [0, 0.1) is 0 Å². The SMILES string of the molecule is O=C1NC2(CCCCC2)C(=O)N1/N=C/c1ccc(C(F)(F)F)cc1. The summed E-state index contributed by atoms with van der Waals surface area (Å²) < 4.78 is 37.5. The monoisotopic (exact) mass is 339 g/mol. The van der Waals surface area contributed by atoms with E-state index in [0.29, 0.717) is 18.4 Å². The maximum absolute atomic E-state index is 12.5. The van der Waals surface area contributed by atoms with E-state index in [2.05, 4.69) is 10.4 Å². The number of nitrogens with one attached hydrogen (secondary N) is 1. The van der Waals surface area contributed by atoms with Crippen LogP contribution >= 0.6 is 0 Å². The molecule has 1 heterocycles. The minimum atomic E-state index is -4.41. The number of alkyl halides is 3. The van der Waals surface area contributed by atoms with Crippen molar-refractivity contribution in [1.29, 1.82) is 0 Å². The number of halogens is 3. The Hall–Kier alpha value is -2.38. The fraction of sp³-hybridized carbons (Fsp3) is 0.438. The predicted octanol–water partition coefficient (Wildman–Crippen LogP) is 3.29. The lowest BCUT2D eigenvalue weighted by Crippen LogP contribution is -2.48. The third-order valence-electron chi connectivity index (χ3n) is 4.41. The van der Waals surface area contributed by atoms with Gasteiger partial charge in [0, 0.05) is 0 Å². The molecule has 0 aromatic heterocycles. The molecule has 128 valence electrons. The molecule has 3 amide bonds. The van der Waals surface area contributed by atoms with Crippen molar-refractivity contribution in [3.05, 3.63) is 35.4 Å². The highest BCUT2D eigenvalue weighted by Gasteiger charge is 2.51. The van der Waals surface area contributed by atoms with Gasteiger partial charge in [0.1, 0.15) is 5.54 Å². The van der Waals surface area contributed by atoms with Gasteiger partial charge in [-0.1, -0.05) is 31.4 Å². The van der Waals surface area contributed by atoms with E-state index in [-0.39, 0.29) is 0 Å². The van der Waals surface area contributed by atoms with Gasteiger partial charge in [0.15, 0.2) is 0 Å². The first-order chi connectivity index (χ1) is 11.3. The van der Waals surface area contributed by atoms with E-state index in [9.17, 15) is 22.8 Å². The predicted molar refractivity (Wildman–Crippen MR) is 80.2 cm³/mol. The molecule has 0 unspecified atom stereocenters. The van der Waals surface area contributed by atoms with E-state index in [4.69, 9.17) is 0 Å². The normalized spacial score (nSPS) is 20.9. The summed E-state index contributed by atoms with van der Waals surface area (Å²) in [5.74, 6) is -0.393. The first kappa shape index (κ1) is 16.5. The summed E-state index contributed by atoms with van der Waals surface area (Å²) in [6, 6.07) is 3.73. The van der Waals surface area contributed by atoms with Crippen LogP contribution in [-0.4, -0.2) is 28.7 Å². The van der Waals surface area contributed by atoms with Crippen molar-refractivity contribution in [3.63, 3.8) is 0 Å². The number of nitrogens with zero attached hydrogens (tertiary/aromatic N) is 2. The lowest BCUT2D eigenvalue weighted by molar-refractivity contribution is -0.137. The number of hydrazone groups is 1. The third-order valence-corrected chi connectivity index (χ3v) is 4.41. The Morgan fingerprint density at radius 3 is 2.29 bits per heavy atom.